The minimum atomic E-state index is -3.31. The Kier molecular flexibility index (Phi) is 6.26. The van der Waals surface area contributed by atoms with E-state index in [9.17, 15) is 8.42 Å². The van der Waals surface area contributed by atoms with Crippen LogP contribution in [0.2, 0.25) is 0 Å². The highest BCUT2D eigenvalue weighted by Crippen LogP contribution is 2.27. The van der Waals surface area contributed by atoms with Gasteiger partial charge in [0.25, 0.3) is 0 Å². The van der Waals surface area contributed by atoms with E-state index < -0.39 is 9.84 Å². The third-order valence-corrected chi connectivity index (χ3v) is 8.73. The Morgan fingerprint density at radius 3 is 2.44 bits per heavy atom. The van der Waals surface area contributed by atoms with Crippen molar-refractivity contribution in [3.63, 3.8) is 0 Å². The summed E-state index contributed by atoms with van der Waals surface area (Å²) in [7, 11) is -3.31. The van der Waals surface area contributed by atoms with Crippen molar-refractivity contribution >= 4 is 39.3 Å². The lowest BCUT2D eigenvalue weighted by Gasteiger charge is -2.22. The fourth-order valence-electron chi connectivity index (χ4n) is 4.54. The van der Waals surface area contributed by atoms with Gasteiger partial charge in [-0.2, -0.15) is 0 Å². The smallest absolute Gasteiger partial charge is 0.227 e. The van der Waals surface area contributed by atoms with Gasteiger partial charge in [0.1, 0.15) is 0 Å². The van der Waals surface area contributed by atoms with E-state index in [4.69, 9.17) is 5.41 Å². The zero-order valence-corrected chi connectivity index (χ0v) is 19.6. The summed E-state index contributed by atoms with van der Waals surface area (Å²) in [5.41, 5.74) is 5.72. The van der Waals surface area contributed by atoms with E-state index in [0.29, 0.717) is 29.4 Å². The van der Waals surface area contributed by atoms with Crippen LogP contribution in [0, 0.1) is 5.41 Å². The standard InChI is InChI=1S/C26H27N5O2S/c27-25-11-10-23-19(2-1-3-24(23)25)5-4-18-16-29-26(30-17-18)31-20-6-8-21(9-7-20)34(32,33)22-12-14-28-15-13-22/h1-9,16-17,22,27-28H,10-15H2,(H,29,30,31)/b5-4+,27-25?. The van der Waals surface area contributed by atoms with Gasteiger partial charge in [0.05, 0.1) is 10.1 Å². The first-order valence-corrected chi connectivity index (χ1v) is 13.1. The number of hydrogen-bond donors (Lipinski definition) is 3. The van der Waals surface area contributed by atoms with Crippen LogP contribution in [-0.4, -0.2) is 42.4 Å². The Bertz CT molecular complexity index is 1330. The molecule has 7 nitrogen and oxygen atoms in total. The molecule has 1 aliphatic carbocycles. The van der Waals surface area contributed by atoms with Crippen LogP contribution in [0.3, 0.4) is 0 Å². The van der Waals surface area contributed by atoms with Crippen molar-refractivity contribution < 1.29 is 8.42 Å². The van der Waals surface area contributed by atoms with Gasteiger partial charge in [-0.3, -0.25) is 0 Å². The molecule has 0 bridgehead atoms. The van der Waals surface area contributed by atoms with Crippen LogP contribution in [0.4, 0.5) is 11.6 Å². The van der Waals surface area contributed by atoms with Crippen LogP contribution in [0.5, 0.6) is 0 Å². The summed E-state index contributed by atoms with van der Waals surface area (Å²) in [6.07, 6.45) is 10.5. The van der Waals surface area contributed by atoms with Gasteiger partial charge >= 0.3 is 0 Å². The third-order valence-electron chi connectivity index (χ3n) is 6.45. The number of fused-ring (bicyclic) bond motifs is 1. The van der Waals surface area contributed by atoms with Crippen molar-refractivity contribution in [3.8, 4) is 0 Å². The zero-order valence-electron chi connectivity index (χ0n) is 18.8. The maximum Gasteiger partial charge on any atom is 0.227 e. The van der Waals surface area contributed by atoms with Crippen LogP contribution in [0.1, 0.15) is 41.5 Å². The molecule has 2 heterocycles. The predicted molar refractivity (Wildman–Crippen MR) is 135 cm³/mol. The molecule has 2 aromatic carbocycles. The first-order chi connectivity index (χ1) is 16.5. The van der Waals surface area contributed by atoms with Crippen LogP contribution >= 0.6 is 0 Å². The van der Waals surface area contributed by atoms with Crippen LogP contribution in [0.15, 0.2) is 59.8 Å². The number of hydrogen-bond acceptors (Lipinski definition) is 7. The van der Waals surface area contributed by atoms with Gasteiger partial charge in [-0.1, -0.05) is 30.4 Å². The zero-order chi connectivity index (χ0) is 23.5. The third kappa shape index (κ3) is 4.64. The number of nitrogens with one attached hydrogen (secondary N) is 3. The Morgan fingerprint density at radius 1 is 0.971 bits per heavy atom. The van der Waals surface area contributed by atoms with E-state index in [1.807, 2.05) is 24.3 Å². The number of sulfone groups is 1. The lowest BCUT2D eigenvalue weighted by atomic mass is 10.0. The minimum absolute atomic E-state index is 0.319. The molecule has 1 aromatic heterocycles. The van der Waals surface area contributed by atoms with Gasteiger partial charge in [-0.05, 0) is 79.7 Å². The number of aromatic nitrogens is 2. The molecular weight excluding hydrogens is 446 g/mol. The highest BCUT2D eigenvalue weighted by Gasteiger charge is 2.28. The summed E-state index contributed by atoms with van der Waals surface area (Å²) in [4.78, 5) is 9.12. The second kappa shape index (κ2) is 9.48. The van der Waals surface area contributed by atoms with Crippen molar-refractivity contribution in [3.05, 3.63) is 77.1 Å². The van der Waals surface area contributed by atoms with E-state index in [1.165, 1.54) is 5.56 Å². The fourth-order valence-corrected chi connectivity index (χ4v) is 6.29. The van der Waals surface area contributed by atoms with Crippen molar-refractivity contribution in [2.45, 2.75) is 35.8 Å². The molecule has 0 spiro atoms. The first kappa shape index (κ1) is 22.4. The summed E-state index contributed by atoms with van der Waals surface area (Å²) < 4.78 is 25.7. The van der Waals surface area contributed by atoms with E-state index in [-0.39, 0.29) is 5.25 Å². The lowest BCUT2D eigenvalue weighted by Crippen LogP contribution is -2.35. The molecule has 0 radical (unpaired) electrons. The van der Waals surface area contributed by atoms with E-state index in [0.717, 1.165) is 48.3 Å². The highest BCUT2D eigenvalue weighted by molar-refractivity contribution is 7.92. The largest absolute Gasteiger partial charge is 0.324 e. The number of nitrogens with zero attached hydrogens (tertiary/aromatic N) is 2. The molecule has 0 saturated carbocycles. The number of anilines is 2. The molecule has 1 fully saturated rings. The maximum atomic E-state index is 12.8. The number of rotatable bonds is 6. The van der Waals surface area contributed by atoms with Crippen LogP contribution in [-0.2, 0) is 16.3 Å². The molecule has 5 rings (SSSR count). The van der Waals surface area contributed by atoms with E-state index in [2.05, 4.69) is 26.7 Å². The number of benzene rings is 2. The van der Waals surface area contributed by atoms with E-state index >= 15 is 0 Å². The molecule has 3 aromatic rings. The molecule has 34 heavy (non-hydrogen) atoms. The highest BCUT2D eigenvalue weighted by atomic mass is 32.2. The molecule has 3 N–H and O–H groups in total. The normalized spacial score (nSPS) is 16.6. The van der Waals surface area contributed by atoms with E-state index in [1.54, 1.807) is 36.7 Å². The molecular formula is C26H27N5O2S. The monoisotopic (exact) mass is 473 g/mol. The summed E-state index contributed by atoms with van der Waals surface area (Å²) in [6.45, 7) is 1.48. The van der Waals surface area contributed by atoms with Gasteiger partial charge in [-0.25, -0.2) is 18.4 Å². The average molecular weight is 474 g/mol. The molecule has 1 aliphatic heterocycles. The van der Waals surface area contributed by atoms with Crippen LogP contribution < -0.4 is 10.6 Å². The van der Waals surface area contributed by atoms with Gasteiger partial charge in [0, 0.05) is 29.4 Å². The molecule has 8 heteroatoms. The summed E-state index contributed by atoms with van der Waals surface area (Å²) >= 11 is 0. The van der Waals surface area contributed by atoms with Gasteiger partial charge in [0.15, 0.2) is 9.84 Å². The fraction of sp³-hybridized carbons (Fsp3) is 0.269. The Hall–Kier alpha value is -3.36. The molecule has 174 valence electrons. The van der Waals surface area contributed by atoms with Crippen molar-refractivity contribution in [2.24, 2.45) is 0 Å². The number of piperidine rings is 1. The predicted octanol–water partition coefficient (Wildman–Crippen LogP) is 4.23. The average Bonchev–Trinajstić information content (AvgIpc) is 3.26. The summed E-state index contributed by atoms with van der Waals surface area (Å²) in [6, 6.07) is 12.9. The van der Waals surface area contributed by atoms with Gasteiger partial charge in [-0.15, -0.1) is 0 Å². The SMILES string of the molecule is N=C1CCc2c(/C=C/c3cnc(Nc4ccc(S(=O)(=O)C5CCNCC5)cc4)nc3)cccc21. The Balaban J connectivity index is 1.24. The summed E-state index contributed by atoms with van der Waals surface area (Å²) in [5, 5.41) is 14.1. The first-order valence-electron chi connectivity index (χ1n) is 11.5. The molecule has 1 saturated heterocycles. The molecule has 0 amide bonds. The maximum absolute atomic E-state index is 12.8. The van der Waals surface area contributed by atoms with Crippen LogP contribution in [0.25, 0.3) is 12.2 Å². The Labute approximate surface area is 199 Å². The molecule has 0 atom stereocenters. The van der Waals surface area contributed by atoms with Crippen molar-refractivity contribution in [1.82, 2.24) is 15.3 Å². The second-order valence-corrected chi connectivity index (χ2v) is 10.9. The Morgan fingerprint density at radius 2 is 1.71 bits per heavy atom. The minimum Gasteiger partial charge on any atom is -0.324 e. The molecule has 2 aliphatic rings. The topological polar surface area (TPSA) is 108 Å². The lowest BCUT2D eigenvalue weighted by molar-refractivity contribution is 0.496. The second-order valence-electron chi connectivity index (χ2n) is 8.67. The summed E-state index contributed by atoms with van der Waals surface area (Å²) in [5.74, 6) is 0.445. The van der Waals surface area contributed by atoms with Gasteiger partial charge in [0.2, 0.25) is 5.95 Å². The molecule has 0 unspecified atom stereocenters. The van der Waals surface area contributed by atoms with Crippen molar-refractivity contribution in [1.29, 1.82) is 5.41 Å². The van der Waals surface area contributed by atoms with Gasteiger partial charge < -0.3 is 16.0 Å². The quantitative estimate of drug-likeness (QED) is 0.494. The van der Waals surface area contributed by atoms with Crippen molar-refractivity contribution in [2.75, 3.05) is 18.4 Å².